The fourth-order valence-electron chi connectivity index (χ4n) is 3.08. The maximum absolute atomic E-state index is 12.9. The lowest BCUT2D eigenvalue weighted by atomic mass is 10.2. The molecule has 0 aromatic heterocycles. The first-order valence-corrected chi connectivity index (χ1v) is 10.3. The minimum absolute atomic E-state index is 0.0657. The maximum atomic E-state index is 12.9. The van der Waals surface area contributed by atoms with Crippen LogP contribution in [0.25, 0.3) is 0 Å². The number of anilines is 1. The van der Waals surface area contributed by atoms with Gasteiger partial charge in [0.25, 0.3) is 10.0 Å². The summed E-state index contributed by atoms with van der Waals surface area (Å²) in [4.78, 5) is 23.9. The van der Waals surface area contributed by atoms with Crippen molar-refractivity contribution in [2.24, 2.45) is 0 Å². The van der Waals surface area contributed by atoms with E-state index in [1.165, 1.54) is 28.6 Å². The van der Waals surface area contributed by atoms with Gasteiger partial charge in [-0.3, -0.25) is 9.10 Å². The van der Waals surface area contributed by atoms with Gasteiger partial charge in [0, 0.05) is 13.0 Å². The lowest BCUT2D eigenvalue weighted by Gasteiger charge is -2.23. The van der Waals surface area contributed by atoms with Gasteiger partial charge < -0.3 is 4.74 Å². The van der Waals surface area contributed by atoms with Crippen molar-refractivity contribution in [3.63, 3.8) is 0 Å². The third-order valence-corrected chi connectivity index (χ3v) is 6.42. The van der Waals surface area contributed by atoms with Gasteiger partial charge >= 0.3 is 5.97 Å². The number of carbonyl (C=O) groups is 2. The molecular formula is C20H21NO5S. The topological polar surface area (TPSA) is 80.8 Å². The second-order valence-electron chi connectivity index (χ2n) is 6.28. The number of carbonyl (C=O) groups excluding carboxylic acids is 2. The number of nitrogens with zero attached hydrogens (tertiary/aromatic N) is 1. The number of esters is 1. The molecule has 1 atom stereocenters. The summed E-state index contributed by atoms with van der Waals surface area (Å²) in [5.41, 5.74) is 0.791. The van der Waals surface area contributed by atoms with E-state index in [0.717, 1.165) is 6.42 Å². The molecule has 0 heterocycles. The highest BCUT2D eigenvalue weighted by atomic mass is 32.2. The monoisotopic (exact) mass is 387 g/mol. The van der Waals surface area contributed by atoms with Crippen LogP contribution in [0.5, 0.6) is 0 Å². The average Bonchev–Trinajstić information content (AvgIpc) is 3.07. The Balaban J connectivity index is 1.79. The van der Waals surface area contributed by atoms with Crippen molar-refractivity contribution in [1.29, 1.82) is 0 Å². The molecule has 0 bridgehead atoms. The van der Waals surface area contributed by atoms with Gasteiger partial charge in [0.1, 0.15) is 0 Å². The first-order chi connectivity index (χ1) is 12.9. The fourth-order valence-corrected chi connectivity index (χ4v) is 4.56. The SMILES string of the molecule is CCN(c1ccccc1)S(=O)(=O)c1ccc(C(=O)O[C@H]2CCCC2=O)cc1. The van der Waals surface area contributed by atoms with Gasteiger partial charge in [0.2, 0.25) is 0 Å². The van der Waals surface area contributed by atoms with Crippen LogP contribution in [0.4, 0.5) is 5.69 Å². The van der Waals surface area contributed by atoms with Crippen molar-refractivity contribution >= 4 is 27.5 Å². The summed E-state index contributed by atoms with van der Waals surface area (Å²) in [5, 5.41) is 0. The van der Waals surface area contributed by atoms with Gasteiger partial charge in [-0.25, -0.2) is 13.2 Å². The first-order valence-electron chi connectivity index (χ1n) is 8.85. The Labute approximate surface area is 158 Å². The Morgan fingerprint density at radius 1 is 1.11 bits per heavy atom. The molecule has 3 rings (SSSR count). The molecular weight excluding hydrogens is 366 g/mol. The summed E-state index contributed by atoms with van der Waals surface area (Å²) in [7, 11) is -3.75. The number of ether oxygens (including phenoxy) is 1. The zero-order valence-corrected chi connectivity index (χ0v) is 15.8. The second kappa shape index (κ2) is 7.92. The lowest BCUT2D eigenvalue weighted by Crippen LogP contribution is -2.30. The zero-order valence-electron chi connectivity index (χ0n) is 15.0. The molecule has 0 spiro atoms. The van der Waals surface area contributed by atoms with E-state index in [-0.39, 0.29) is 22.8 Å². The molecule has 0 unspecified atom stereocenters. The van der Waals surface area contributed by atoms with Gasteiger partial charge in [0.15, 0.2) is 11.9 Å². The summed E-state index contributed by atoms with van der Waals surface area (Å²) < 4.78 is 32.4. The highest BCUT2D eigenvalue weighted by Gasteiger charge is 2.29. The highest BCUT2D eigenvalue weighted by Crippen LogP contribution is 2.24. The number of Topliss-reactive ketones (excluding diaryl/α,β-unsaturated/α-hetero) is 1. The molecule has 142 valence electrons. The molecule has 2 aromatic carbocycles. The quantitative estimate of drug-likeness (QED) is 0.711. The predicted octanol–water partition coefficient (Wildman–Crippen LogP) is 3.18. The van der Waals surface area contributed by atoms with E-state index in [1.54, 1.807) is 31.2 Å². The minimum atomic E-state index is -3.75. The molecule has 7 heteroatoms. The van der Waals surface area contributed by atoms with Gasteiger partial charge in [0.05, 0.1) is 16.1 Å². The Morgan fingerprint density at radius 3 is 2.33 bits per heavy atom. The number of hydrogen-bond acceptors (Lipinski definition) is 5. The molecule has 2 aromatic rings. The summed E-state index contributed by atoms with van der Waals surface area (Å²) in [6.07, 6.45) is 1.01. The molecule has 0 N–H and O–H groups in total. The normalized spacial score (nSPS) is 16.9. The second-order valence-corrected chi connectivity index (χ2v) is 8.14. The highest BCUT2D eigenvalue weighted by molar-refractivity contribution is 7.92. The largest absolute Gasteiger partial charge is 0.451 e. The van der Waals surface area contributed by atoms with Crippen molar-refractivity contribution in [2.75, 3.05) is 10.8 Å². The van der Waals surface area contributed by atoms with E-state index < -0.39 is 22.1 Å². The van der Waals surface area contributed by atoms with Crippen molar-refractivity contribution in [3.8, 4) is 0 Å². The van der Waals surface area contributed by atoms with E-state index in [1.807, 2.05) is 6.07 Å². The standard InChI is InChI=1S/C20H21NO5S/c1-2-21(16-7-4-3-5-8-16)27(24,25)17-13-11-15(12-14-17)20(23)26-19-10-6-9-18(19)22/h3-5,7-8,11-14,19H,2,6,9-10H2,1H3/t19-/m0/s1. The van der Waals surface area contributed by atoms with E-state index in [0.29, 0.717) is 18.5 Å². The summed E-state index contributed by atoms with van der Waals surface area (Å²) in [5.74, 6) is -0.682. The third kappa shape index (κ3) is 4.03. The Hall–Kier alpha value is -2.67. The molecule has 27 heavy (non-hydrogen) atoms. The van der Waals surface area contributed by atoms with E-state index in [4.69, 9.17) is 4.74 Å². The molecule has 1 fully saturated rings. The molecule has 0 saturated heterocycles. The summed E-state index contributed by atoms with van der Waals surface area (Å²) >= 11 is 0. The van der Waals surface area contributed by atoms with Crippen LogP contribution in [0.1, 0.15) is 36.5 Å². The first kappa shape index (κ1) is 19.1. The molecule has 1 aliphatic rings. The summed E-state index contributed by atoms with van der Waals surface area (Å²) in [6.45, 7) is 2.04. The van der Waals surface area contributed by atoms with Crippen LogP contribution in [0.3, 0.4) is 0 Å². The van der Waals surface area contributed by atoms with Gasteiger partial charge in [-0.1, -0.05) is 18.2 Å². The van der Waals surface area contributed by atoms with Gasteiger partial charge in [-0.15, -0.1) is 0 Å². The smallest absolute Gasteiger partial charge is 0.338 e. The molecule has 1 saturated carbocycles. The van der Waals surface area contributed by atoms with Crippen molar-refractivity contribution in [2.45, 2.75) is 37.2 Å². The predicted molar refractivity (Wildman–Crippen MR) is 101 cm³/mol. The number of hydrogen-bond donors (Lipinski definition) is 0. The van der Waals surface area contributed by atoms with Crippen LogP contribution >= 0.6 is 0 Å². The van der Waals surface area contributed by atoms with E-state index in [2.05, 4.69) is 0 Å². The van der Waals surface area contributed by atoms with E-state index >= 15 is 0 Å². The number of benzene rings is 2. The average molecular weight is 387 g/mol. The van der Waals surface area contributed by atoms with Crippen molar-refractivity contribution in [1.82, 2.24) is 0 Å². The minimum Gasteiger partial charge on any atom is -0.451 e. The Kier molecular flexibility index (Phi) is 5.60. The molecule has 0 amide bonds. The van der Waals surface area contributed by atoms with Crippen LogP contribution in [0.2, 0.25) is 0 Å². The number of rotatable bonds is 6. The van der Waals surface area contributed by atoms with Crippen LogP contribution < -0.4 is 4.31 Å². The van der Waals surface area contributed by atoms with Crippen LogP contribution in [0, 0.1) is 0 Å². The van der Waals surface area contributed by atoms with Crippen LogP contribution in [0.15, 0.2) is 59.5 Å². The number of para-hydroxylation sites is 1. The number of sulfonamides is 1. The van der Waals surface area contributed by atoms with Crippen LogP contribution in [-0.4, -0.2) is 32.8 Å². The van der Waals surface area contributed by atoms with E-state index in [9.17, 15) is 18.0 Å². The van der Waals surface area contributed by atoms with Gasteiger partial charge in [-0.05, 0) is 56.2 Å². The molecule has 0 aliphatic heterocycles. The molecule has 0 radical (unpaired) electrons. The fraction of sp³-hybridized carbons (Fsp3) is 0.300. The van der Waals surface area contributed by atoms with Gasteiger partial charge in [-0.2, -0.15) is 0 Å². The third-order valence-electron chi connectivity index (χ3n) is 4.51. The van der Waals surface area contributed by atoms with Crippen molar-refractivity contribution < 1.29 is 22.7 Å². The lowest BCUT2D eigenvalue weighted by molar-refractivity contribution is -0.124. The molecule has 6 nitrogen and oxygen atoms in total. The number of ketones is 1. The Morgan fingerprint density at radius 2 is 1.78 bits per heavy atom. The maximum Gasteiger partial charge on any atom is 0.338 e. The van der Waals surface area contributed by atoms with Crippen LogP contribution in [-0.2, 0) is 19.6 Å². The zero-order chi connectivity index (χ0) is 19.4. The Bertz CT molecular complexity index is 923. The van der Waals surface area contributed by atoms with Crippen molar-refractivity contribution in [3.05, 3.63) is 60.2 Å². The molecule has 1 aliphatic carbocycles. The summed E-state index contributed by atoms with van der Waals surface area (Å²) in [6, 6.07) is 14.4.